The molecule has 2 aliphatic rings. The molecule has 2 aliphatic heterocycles. The minimum absolute atomic E-state index is 0.234. The summed E-state index contributed by atoms with van der Waals surface area (Å²) in [6.07, 6.45) is 5.48. The summed E-state index contributed by atoms with van der Waals surface area (Å²) in [7, 11) is 2.17. The summed E-state index contributed by atoms with van der Waals surface area (Å²) in [5, 5.41) is 0. The summed E-state index contributed by atoms with van der Waals surface area (Å²) in [4.78, 5) is 18.6. The maximum absolute atomic E-state index is 13.0. The second kappa shape index (κ2) is 5.78. The normalized spacial score (nSPS) is 26.6. The van der Waals surface area contributed by atoms with Gasteiger partial charge in [-0.3, -0.25) is 4.79 Å². The minimum Gasteiger partial charge on any atom is -0.331 e. The van der Waals surface area contributed by atoms with Gasteiger partial charge in [0.15, 0.2) is 0 Å². The van der Waals surface area contributed by atoms with Gasteiger partial charge < -0.3 is 9.80 Å². The van der Waals surface area contributed by atoms with Gasteiger partial charge in [0.2, 0.25) is 0 Å². The predicted molar refractivity (Wildman–Crippen MR) is 83.3 cm³/mol. The fourth-order valence-corrected chi connectivity index (χ4v) is 4.13. The third-order valence-corrected chi connectivity index (χ3v) is 5.35. The molecule has 20 heavy (non-hydrogen) atoms. The van der Waals surface area contributed by atoms with Crippen molar-refractivity contribution in [2.75, 3.05) is 26.4 Å². The van der Waals surface area contributed by atoms with Gasteiger partial charge in [-0.1, -0.05) is 12.1 Å². The van der Waals surface area contributed by atoms with Gasteiger partial charge in [0.1, 0.15) is 0 Å². The molecule has 0 N–H and O–H groups in total. The molecule has 1 aromatic rings. The van der Waals surface area contributed by atoms with Gasteiger partial charge >= 0.3 is 0 Å². The predicted octanol–water partition coefficient (Wildman–Crippen LogP) is 2.72. The van der Waals surface area contributed by atoms with Crippen molar-refractivity contribution in [2.24, 2.45) is 0 Å². The number of likely N-dealkylation sites (tertiary alicyclic amines) is 1. The molecular weight excluding hydrogens is 268 g/mol. The minimum atomic E-state index is 0.234. The van der Waals surface area contributed by atoms with Crippen LogP contribution in [0.4, 0.5) is 0 Å². The first-order valence-corrected chi connectivity index (χ1v) is 8.57. The fourth-order valence-electron chi connectivity index (χ4n) is 3.54. The van der Waals surface area contributed by atoms with E-state index in [0.717, 1.165) is 36.4 Å². The van der Waals surface area contributed by atoms with Gasteiger partial charge in [0.25, 0.3) is 5.91 Å². The maximum atomic E-state index is 13.0. The highest BCUT2D eigenvalue weighted by molar-refractivity contribution is 7.98. The first kappa shape index (κ1) is 14.0. The first-order valence-electron chi connectivity index (χ1n) is 7.35. The van der Waals surface area contributed by atoms with Crippen molar-refractivity contribution in [3.63, 3.8) is 0 Å². The van der Waals surface area contributed by atoms with Gasteiger partial charge in [-0.2, -0.15) is 0 Å². The smallest absolute Gasteiger partial charge is 0.255 e. The van der Waals surface area contributed by atoms with Crippen LogP contribution in [0.2, 0.25) is 0 Å². The molecule has 1 aromatic carbocycles. The molecule has 108 valence electrons. The molecule has 2 fully saturated rings. The molecule has 3 rings (SSSR count). The number of nitrogens with zero attached hydrogens (tertiary/aromatic N) is 2. The van der Waals surface area contributed by atoms with Crippen molar-refractivity contribution in [1.29, 1.82) is 0 Å². The van der Waals surface area contributed by atoms with Crippen molar-refractivity contribution >= 4 is 17.7 Å². The Morgan fingerprint density at radius 2 is 1.95 bits per heavy atom. The van der Waals surface area contributed by atoms with E-state index in [9.17, 15) is 4.79 Å². The number of amides is 1. The molecule has 2 atom stereocenters. The van der Waals surface area contributed by atoms with Crippen LogP contribution in [0.15, 0.2) is 29.2 Å². The number of fused-ring (bicyclic) bond motifs is 2. The number of hydrogen-bond donors (Lipinski definition) is 0. The van der Waals surface area contributed by atoms with Crippen LogP contribution >= 0.6 is 11.8 Å². The zero-order chi connectivity index (χ0) is 14.1. The van der Waals surface area contributed by atoms with Crippen molar-refractivity contribution in [3.8, 4) is 0 Å². The van der Waals surface area contributed by atoms with E-state index < -0.39 is 0 Å². The molecule has 0 aliphatic carbocycles. The van der Waals surface area contributed by atoms with Crippen LogP contribution < -0.4 is 0 Å². The number of hydrogen-bond acceptors (Lipinski definition) is 3. The monoisotopic (exact) mass is 290 g/mol. The van der Waals surface area contributed by atoms with Crippen LogP contribution in [0, 0.1) is 0 Å². The summed E-state index contributed by atoms with van der Waals surface area (Å²) in [6.45, 7) is 2.12. The first-order chi connectivity index (χ1) is 9.70. The fraction of sp³-hybridized carbons (Fsp3) is 0.562. The molecule has 0 spiro atoms. The molecule has 0 radical (unpaired) electrons. The molecule has 0 aromatic heterocycles. The van der Waals surface area contributed by atoms with Gasteiger partial charge in [-0.25, -0.2) is 0 Å². The second-order valence-electron chi connectivity index (χ2n) is 5.85. The lowest BCUT2D eigenvalue weighted by molar-refractivity contribution is 0.0670. The Balaban J connectivity index is 1.90. The average Bonchev–Trinajstić information content (AvgIpc) is 2.78. The number of rotatable bonds is 2. The molecule has 2 heterocycles. The van der Waals surface area contributed by atoms with Crippen molar-refractivity contribution in [1.82, 2.24) is 9.80 Å². The Labute approximate surface area is 125 Å². The van der Waals surface area contributed by atoms with Crippen LogP contribution in [0.1, 0.15) is 29.6 Å². The molecule has 0 unspecified atom stereocenters. The average molecular weight is 290 g/mol. The highest BCUT2D eigenvalue weighted by Crippen LogP contribution is 2.33. The molecule has 3 nitrogen and oxygen atoms in total. The number of thioether (sulfide) groups is 1. The third kappa shape index (κ3) is 2.47. The zero-order valence-corrected chi connectivity index (χ0v) is 13.0. The van der Waals surface area contributed by atoms with Crippen LogP contribution in [-0.2, 0) is 0 Å². The van der Waals surface area contributed by atoms with Crippen LogP contribution in [0.5, 0.6) is 0 Å². The molecule has 4 heteroatoms. The van der Waals surface area contributed by atoms with Crippen molar-refractivity contribution in [3.05, 3.63) is 29.8 Å². The summed E-state index contributed by atoms with van der Waals surface area (Å²) in [6, 6.07) is 8.83. The van der Waals surface area contributed by atoms with E-state index >= 15 is 0 Å². The quantitative estimate of drug-likeness (QED) is 0.783. The van der Waals surface area contributed by atoms with Gasteiger partial charge in [0, 0.05) is 23.5 Å². The van der Waals surface area contributed by atoms with E-state index in [2.05, 4.69) is 16.8 Å². The lowest BCUT2D eigenvalue weighted by Crippen LogP contribution is -2.42. The van der Waals surface area contributed by atoms with Crippen LogP contribution in [-0.4, -0.2) is 54.2 Å². The summed E-state index contributed by atoms with van der Waals surface area (Å²) in [5.41, 5.74) is 0.876. The van der Waals surface area contributed by atoms with Gasteiger partial charge in [-0.15, -0.1) is 11.8 Å². The topological polar surface area (TPSA) is 23.6 Å². The van der Waals surface area contributed by atoms with Gasteiger partial charge in [0.05, 0.1) is 5.56 Å². The zero-order valence-electron chi connectivity index (χ0n) is 12.2. The number of carbonyl (C=O) groups is 1. The Kier molecular flexibility index (Phi) is 4.03. The summed E-state index contributed by atoms with van der Waals surface area (Å²) < 4.78 is 0. The van der Waals surface area contributed by atoms with E-state index in [1.165, 1.54) is 6.42 Å². The van der Waals surface area contributed by atoms with E-state index in [1.807, 2.05) is 30.5 Å². The van der Waals surface area contributed by atoms with E-state index in [4.69, 9.17) is 0 Å². The largest absolute Gasteiger partial charge is 0.331 e. The summed E-state index contributed by atoms with van der Waals surface area (Å²) in [5.74, 6) is 0.234. The SMILES string of the molecule is CSc1ccccc1C(=O)N1[C@@H]2CC[C@H]1CN(C)CC2. The Hall–Kier alpha value is -1.00. The Bertz CT molecular complexity index is 505. The molecule has 2 saturated heterocycles. The van der Waals surface area contributed by atoms with Crippen molar-refractivity contribution in [2.45, 2.75) is 36.2 Å². The second-order valence-corrected chi connectivity index (χ2v) is 6.70. The van der Waals surface area contributed by atoms with E-state index in [-0.39, 0.29) is 5.91 Å². The van der Waals surface area contributed by atoms with Crippen molar-refractivity contribution < 1.29 is 4.79 Å². The summed E-state index contributed by atoms with van der Waals surface area (Å²) >= 11 is 1.66. The Morgan fingerprint density at radius 3 is 2.75 bits per heavy atom. The highest BCUT2D eigenvalue weighted by atomic mass is 32.2. The number of likely N-dealkylation sites (N-methyl/N-ethyl adjacent to an activating group) is 1. The van der Waals surface area contributed by atoms with Crippen LogP contribution in [0.25, 0.3) is 0 Å². The maximum Gasteiger partial charge on any atom is 0.255 e. The lowest BCUT2D eigenvalue weighted by Gasteiger charge is -2.29. The number of benzene rings is 1. The van der Waals surface area contributed by atoms with E-state index in [1.54, 1.807) is 11.8 Å². The highest BCUT2D eigenvalue weighted by Gasteiger charge is 2.39. The number of carbonyl (C=O) groups excluding carboxylic acids is 1. The van der Waals surface area contributed by atoms with Crippen LogP contribution in [0.3, 0.4) is 0 Å². The molecule has 1 amide bonds. The Morgan fingerprint density at radius 1 is 1.20 bits per heavy atom. The standard InChI is InChI=1S/C16H22N2OS/c1-17-10-9-12-7-8-13(11-17)18(12)16(19)14-5-3-4-6-15(14)20-2/h3-6,12-13H,7-11H2,1-2H3/t12-,13+/m1/s1. The molecular formula is C16H22N2OS. The third-order valence-electron chi connectivity index (χ3n) is 4.56. The van der Waals surface area contributed by atoms with E-state index in [0.29, 0.717) is 12.1 Å². The lowest BCUT2D eigenvalue weighted by atomic mass is 10.1. The molecule has 0 saturated carbocycles. The molecule has 2 bridgehead atoms. The van der Waals surface area contributed by atoms with Gasteiger partial charge in [-0.05, 0) is 51.2 Å².